The van der Waals surface area contributed by atoms with E-state index < -0.39 is 0 Å². The van der Waals surface area contributed by atoms with Gasteiger partial charge in [-0.15, -0.1) is 0 Å². The largest absolute Gasteiger partial charge is 0.378 e. The minimum Gasteiger partial charge on any atom is -0.378 e. The highest BCUT2D eigenvalue weighted by Gasteiger charge is 2.14. The minimum atomic E-state index is 0.190. The first-order valence-electron chi connectivity index (χ1n) is 8.46. The molecule has 0 saturated heterocycles. The molecule has 1 fully saturated rings. The molecule has 0 heterocycles. The van der Waals surface area contributed by atoms with Crippen LogP contribution in [0.2, 0.25) is 0 Å². The van der Waals surface area contributed by atoms with Crippen LogP contribution in [0.25, 0.3) is 0 Å². The third kappa shape index (κ3) is 9.21. The van der Waals surface area contributed by atoms with Gasteiger partial charge in [0.1, 0.15) is 5.78 Å². The van der Waals surface area contributed by atoms with Gasteiger partial charge >= 0.3 is 0 Å². The molecule has 0 aliphatic heterocycles. The summed E-state index contributed by atoms with van der Waals surface area (Å²) in [5, 5.41) is 0. The standard InChI is InChI=1S/C17H32O2/c1-2-14-19-17-13-11-9-7-5-3-4-6-8-10-12-16(18)15-17/h17H,2-15H2,1H3. The average molecular weight is 268 g/mol. The Labute approximate surface area is 119 Å². The number of carbonyl (C=O) groups excluding carboxylic acids is 1. The van der Waals surface area contributed by atoms with Gasteiger partial charge in [-0.3, -0.25) is 4.79 Å². The van der Waals surface area contributed by atoms with E-state index in [1.165, 1.54) is 51.4 Å². The first kappa shape index (κ1) is 16.7. The van der Waals surface area contributed by atoms with E-state index in [9.17, 15) is 4.79 Å². The van der Waals surface area contributed by atoms with E-state index in [1.807, 2.05) is 0 Å². The van der Waals surface area contributed by atoms with Crippen molar-refractivity contribution < 1.29 is 9.53 Å². The van der Waals surface area contributed by atoms with Crippen LogP contribution in [0, 0.1) is 0 Å². The zero-order valence-corrected chi connectivity index (χ0v) is 12.8. The minimum absolute atomic E-state index is 0.190. The van der Waals surface area contributed by atoms with E-state index in [1.54, 1.807) is 0 Å². The second kappa shape index (κ2) is 11.5. The summed E-state index contributed by atoms with van der Waals surface area (Å²) in [6.07, 6.45) is 15.4. The van der Waals surface area contributed by atoms with Gasteiger partial charge < -0.3 is 4.74 Å². The molecule has 0 aromatic carbocycles. The second-order valence-corrected chi connectivity index (χ2v) is 5.96. The molecule has 0 spiro atoms. The fourth-order valence-corrected chi connectivity index (χ4v) is 2.82. The smallest absolute Gasteiger partial charge is 0.135 e. The van der Waals surface area contributed by atoms with Gasteiger partial charge in [0, 0.05) is 19.4 Å². The van der Waals surface area contributed by atoms with Gasteiger partial charge in [0.15, 0.2) is 0 Å². The van der Waals surface area contributed by atoms with Crippen LogP contribution >= 0.6 is 0 Å². The molecule has 0 radical (unpaired) electrons. The van der Waals surface area contributed by atoms with Crippen LogP contribution in [0.4, 0.5) is 0 Å². The van der Waals surface area contributed by atoms with Gasteiger partial charge in [-0.25, -0.2) is 0 Å². The number of ketones is 1. The predicted octanol–water partition coefficient (Wildman–Crippen LogP) is 5.05. The number of ether oxygens (including phenoxy) is 1. The molecule has 19 heavy (non-hydrogen) atoms. The Hall–Kier alpha value is -0.370. The van der Waals surface area contributed by atoms with Gasteiger partial charge in [0.2, 0.25) is 0 Å². The summed E-state index contributed by atoms with van der Waals surface area (Å²) < 4.78 is 5.84. The molecule has 2 nitrogen and oxygen atoms in total. The van der Waals surface area contributed by atoms with Crippen LogP contribution in [-0.4, -0.2) is 18.5 Å². The van der Waals surface area contributed by atoms with Crippen molar-refractivity contribution in [3.05, 3.63) is 0 Å². The predicted molar refractivity (Wildman–Crippen MR) is 80.4 cm³/mol. The zero-order chi connectivity index (χ0) is 13.8. The number of rotatable bonds is 3. The highest BCUT2D eigenvalue weighted by atomic mass is 16.5. The number of carbonyl (C=O) groups is 1. The Morgan fingerprint density at radius 3 is 2.16 bits per heavy atom. The van der Waals surface area contributed by atoms with Crippen LogP contribution in [0.5, 0.6) is 0 Å². The lowest BCUT2D eigenvalue weighted by molar-refractivity contribution is -0.122. The molecule has 1 aliphatic rings. The lowest BCUT2D eigenvalue weighted by atomic mass is 9.99. The quantitative estimate of drug-likeness (QED) is 0.716. The Morgan fingerprint density at radius 1 is 0.947 bits per heavy atom. The Morgan fingerprint density at radius 2 is 1.53 bits per heavy atom. The molecule has 1 rings (SSSR count). The van der Waals surface area contributed by atoms with E-state index in [2.05, 4.69) is 6.92 Å². The first-order chi connectivity index (χ1) is 9.33. The number of hydrogen-bond acceptors (Lipinski definition) is 2. The van der Waals surface area contributed by atoms with Crippen molar-refractivity contribution in [1.82, 2.24) is 0 Å². The molecule has 112 valence electrons. The highest BCUT2D eigenvalue weighted by Crippen LogP contribution is 2.17. The van der Waals surface area contributed by atoms with E-state index in [4.69, 9.17) is 4.74 Å². The Balaban J connectivity index is 2.34. The van der Waals surface area contributed by atoms with Crippen LogP contribution < -0.4 is 0 Å². The third-order valence-corrected chi connectivity index (χ3v) is 3.99. The first-order valence-corrected chi connectivity index (χ1v) is 8.46. The summed E-state index contributed by atoms with van der Waals surface area (Å²) >= 11 is 0. The molecule has 1 unspecified atom stereocenters. The Kier molecular flexibility index (Phi) is 10.1. The molecular formula is C17H32O2. The normalized spacial score (nSPS) is 24.9. The van der Waals surface area contributed by atoms with Crippen LogP contribution in [0.3, 0.4) is 0 Å². The van der Waals surface area contributed by atoms with Crippen molar-refractivity contribution in [1.29, 1.82) is 0 Å². The fraction of sp³-hybridized carbons (Fsp3) is 0.941. The van der Waals surface area contributed by atoms with Crippen LogP contribution in [0.1, 0.15) is 90.4 Å². The van der Waals surface area contributed by atoms with Crippen molar-refractivity contribution in [3.63, 3.8) is 0 Å². The van der Waals surface area contributed by atoms with Crippen molar-refractivity contribution in [3.8, 4) is 0 Å². The van der Waals surface area contributed by atoms with Gasteiger partial charge in [-0.1, -0.05) is 58.3 Å². The lowest BCUT2D eigenvalue weighted by Crippen LogP contribution is -2.18. The van der Waals surface area contributed by atoms with E-state index in [-0.39, 0.29) is 6.10 Å². The van der Waals surface area contributed by atoms with Crippen molar-refractivity contribution in [2.24, 2.45) is 0 Å². The van der Waals surface area contributed by atoms with E-state index in [0.29, 0.717) is 12.2 Å². The summed E-state index contributed by atoms with van der Waals surface area (Å²) in [7, 11) is 0. The monoisotopic (exact) mass is 268 g/mol. The molecule has 0 N–H and O–H groups in total. The second-order valence-electron chi connectivity index (χ2n) is 5.96. The maximum atomic E-state index is 11.9. The molecule has 1 saturated carbocycles. The van der Waals surface area contributed by atoms with Crippen LogP contribution in [0.15, 0.2) is 0 Å². The molecule has 0 amide bonds. The van der Waals surface area contributed by atoms with E-state index >= 15 is 0 Å². The van der Waals surface area contributed by atoms with Crippen LogP contribution in [-0.2, 0) is 9.53 Å². The van der Waals surface area contributed by atoms with Crippen molar-refractivity contribution in [2.75, 3.05) is 6.61 Å². The maximum Gasteiger partial charge on any atom is 0.135 e. The van der Waals surface area contributed by atoms with Gasteiger partial charge in [-0.2, -0.15) is 0 Å². The number of Topliss-reactive ketones (excluding diaryl/α,β-unsaturated/α-hetero) is 1. The molecule has 0 aromatic heterocycles. The lowest BCUT2D eigenvalue weighted by Gasteiger charge is -2.17. The summed E-state index contributed by atoms with van der Waals surface area (Å²) in [5.74, 6) is 0.415. The molecule has 0 aromatic rings. The summed E-state index contributed by atoms with van der Waals surface area (Å²) in [6.45, 7) is 2.93. The molecule has 0 bridgehead atoms. The highest BCUT2D eigenvalue weighted by molar-refractivity contribution is 5.78. The average Bonchev–Trinajstić information content (AvgIpc) is 2.41. The summed E-state index contributed by atoms with van der Waals surface area (Å²) in [4.78, 5) is 11.9. The molecule has 1 aliphatic carbocycles. The third-order valence-electron chi connectivity index (χ3n) is 3.99. The maximum absolute atomic E-state index is 11.9. The summed E-state index contributed by atoms with van der Waals surface area (Å²) in [5.41, 5.74) is 0. The van der Waals surface area contributed by atoms with E-state index in [0.717, 1.165) is 32.3 Å². The van der Waals surface area contributed by atoms with Gasteiger partial charge in [-0.05, 0) is 19.3 Å². The van der Waals surface area contributed by atoms with Crippen molar-refractivity contribution >= 4 is 5.78 Å². The SMILES string of the molecule is CCCOC1CCCCCCCCCCCC(=O)C1. The fourth-order valence-electron chi connectivity index (χ4n) is 2.82. The topological polar surface area (TPSA) is 26.3 Å². The van der Waals surface area contributed by atoms with Gasteiger partial charge in [0.05, 0.1) is 6.10 Å². The zero-order valence-electron chi connectivity index (χ0n) is 12.8. The molecule has 2 heteroatoms. The molecule has 1 atom stereocenters. The van der Waals surface area contributed by atoms with Crippen molar-refractivity contribution in [2.45, 2.75) is 96.5 Å². The Bertz CT molecular complexity index is 225. The summed E-state index contributed by atoms with van der Waals surface area (Å²) in [6, 6.07) is 0. The van der Waals surface area contributed by atoms with Gasteiger partial charge in [0.25, 0.3) is 0 Å². The number of hydrogen-bond donors (Lipinski definition) is 0. The molecular weight excluding hydrogens is 236 g/mol.